The molecule has 0 saturated carbocycles. The van der Waals surface area contributed by atoms with Crippen molar-refractivity contribution < 1.29 is 8.78 Å². The third-order valence-corrected chi connectivity index (χ3v) is 5.82. The lowest BCUT2D eigenvalue weighted by Crippen LogP contribution is -2.44. The van der Waals surface area contributed by atoms with Crippen LogP contribution in [0.4, 0.5) is 26.1 Å². The second-order valence-corrected chi connectivity index (χ2v) is 7.83. The molecule has 1 fully saturated rings. The molecule has 0 amide bonds. The van der Waals surface area contributed by atoms with Crippen molar-refractivity contribution >= 4 is 22.8 Å². The smallest absolute Gasteiger partial charge is 0.229 e. The van der Waals surface area contributed by atoms with Crippen LogP contribution in [0.15, 0.2) is 55.0 Å². The zero-order valence-electron chi connectivity index (χ0n) is 17.6. The fourth-order valence-corrected chi connectivity index (χ4v) is 4.16. The minimum absolute atomic E-state index is 0.164. The number of imidazole rings is 1. The van der Waals surface area contributed by atoms with Gasteiger partial charge >= 0.3 is 0 Å². The van der Waals surface area contributed by atoms with Crippen LogP contribution >= 0.6 is 0 Å². The third-order valence-electron chi connectivity index (χ3n) is 5.82. The number of benzene rings is 1. The Kier molecular flexibility index (Phi) is 5.40. The number of nitrogens with one attached hydrogen (secondary N) is 2. The SMILES string of the molecule is CNC1CCCN(c2ccncc2Nc2ncc3ccc(-c4c(F)cccc4F)nn23)C1. The van der Waals surface area contributed by atoms with Gasteiger partial charge in [-0.1, -0.05) is 6.07 Å². The van der Waals surface area contributed by atoms with Gasteiger partial charge in [0.15, 0.2) is 0 Å². The second-order valence-electron chi connectivity index (χ2n) is 7.83. The van der Waals surface area contributed by atoms with Crippen molar-refractivity contribution in [3.8, 4) is 11.3 Å². The Morgan fingerprint density at radius 1 is 1.06 bits per heavy atom. The largest absolute Gasteiger partial charge is 0.368 e. The van der Waals surface area contributed by atoms with Gasteiger partial charge in [0.05, 0.1) is 40.5 Å². The molecule has 4 heterocycles. The number of nitrogens with zero attached hydrogens (tertiary/aromatic N) is 5. The van der Waals surface area contributed by atoms with Crippen LogP contribution in [0.2, 0.25) is 0 Å². The molecule has 0 radical (unpaired) electrons. The molecule has 164 valence electrons. The van der Waals surface area contributed by atoms with E-state index in [-0.39, 0.29) is 11.3 Å². The van der Waals surface area contributed by atoms with Crippen molar-refractivity contribution in [2.45, 2.75) is 18.9 Å². The molecule has 0 aliphatic carbocycles. The normalized spacial score (nSPS) is 16.5. The van der Waals surface area contributed by atoms with Gasteiger partial charge in [-0.3, -0.25) is 4.98 Å². The first-order valence-electron chi connectivity index (χ1n) is 10.6. The molecule has 4 aromatic rings. The molecule has 32 heavy (non-hydrogen) atoms. The molecule has 1 atom stereocenters. The van der Waals surface area contributed by atoms with Crippen molar-refractivity contribution in [1.82, 2.24) is 24.9 Å². The van der Waals surface area contributed by atoms with Crippen LogP contribution in [-0.2, 0) is 0 Å². The maximum Gasteiger partial charge on any atom is 0.229 e. The molecular weight excluding hydrogens is 412 g/mol. The van der Waals surface area contributed by atoms with E-state index in [2.05, 4.69) is 30.6 Å². The summed E-state index contributed by atoms with van der Waals surface area (Å²) < 4.78 is 30.1. The molecule has 5 rings (SSSR count). The fraction of sp³-hybridized carbons (Fsp3) is 0.261. The van der Waals surface area contributed by atoms with Gasteiger partial charge in [0.1, 0.15) is 11.6 Å². The molecule has 1 aromatic carbocycles. The average Bonchev–Trinajstić information content (AvgIpc) is 3.21. The summed E-state index contributed by atoms with van der Waals surface area (Å²) in [6.45, 7) is 1.85. The highest BCUT2D eigenvalue weighted by atomic mass is 19.1. The molecule has 1 unspecified atom stereocenters. The molecule has 1 aliphatic heterocycles. The maximum absolute atomic E-state index is 14.3. The Labute approximate surface area is 184 Å². The summed E-state index contributed by atoms with van der Waals surface area (Å²) in [5.41, 5.74) is 2.54. The summed E-state index contributed by atoms with van der Waals surface area (Å²) in [7, 11) is 1.98. The van der Waals surface area contributed by atoms with Gasteiger partial charge in [-0.2, -0.15) is 9.61 Å². The van der Waals surface area contributed by atoms with Crippen LogP contribution in [0, 0.1) is 11.6 Å². The number of hydrogen-bond donors (Lipinski definition) is 2. The number of anilines is 3. The summed E-state index contributed by atoms with van der Waals surface area (Å²) >= 11 is 0. The van der Waals surface area contributed by atoms with E-state index in [0.29, 0.717) is 17.5 Å². The monoisotopic (exact) mass is 435 g/mol. The van der Waals surface area contributed by atoms with Crippen molar-refractivity contribution in [1.29, 1.82) is 0 Å². The van der Waals surface area contributed by atoms with E-state index < -0.39 is 11.6 Å². The number of halogens is 2. The first-order valence-corrected chi connectivity index (χ1v) is 10.6. The molecule has 1 saturated heterocycles. The lowest BCUT2D eigenvalue weighted by atomic mass is 10.1. The molecule has 0 bridgehead atoms. The number of fused-ring (bicyclic) bond motifs is 1. The maximum atomic E-state index is 14.3. The van der Waals surface area contributed by atoms with E-state index in [1.54, 1.807) is 35.2 Å². The van der Waals surface area contributed by atoms with Gasteiger partial charge in [0.25, 0.3) is 0 Å². The van der Waals surface area contributed by atoms with Crippen LogP contribution in [-0.4, -0.2) is 45.8 Å². The Morgan fingerprint density at radius 2 is 1.91 bits per heavy atom. The number of hydrogen-bond acceptors (Lipinski definition) is 6. The number of aromatic nitrogens is 4. The molecule has 3 aromatic heterocycles. The van der Waals surface area contributed by atoms with E-state index in [4.69, 9.17) is 0 Å². The minimum atomic E-state index is -0.662. The number of piperidine rings is 1. The Balaban J connectivity index is 1.51. The average molecular weight is 435 g/mol. The van der Waals surface area contributed by atoms with Gasteiger partial charge in [-0.25, -0.2) is 13.8 Å². The van der Waals surface area contributed by atoms with Gasteiger partial charge in [0, 0.05) is 25.3 Å². The summed E-state index contributed by atoms with van der Waals surface area (Å²) in [6.07, 6.45) is 7.42. The van der Waals surface area contributed by atoms with E-state index in [9.17, 15) is 8.78 Å². The van der Waals surface area contributed by atoms with Crippen LogP contribution < -0.4 is 15.5 Å². The van der Waals surface area contributed by atoms with Crippen LogP contribution in [0.1, 0.15) is 12.8 Å². The molecule has 9 heteroatoms. The van der Waals surface area contributed by atoms with E-state index in [1.165, 1.54) is 18.2 Å². The number of likely N-dealkylation sites (N-methyl/N-ethyl adjacent to an activating group) is 1. The highest BCUT2D eigenvalue weighted by Gasteiger charge is 2.21. The zero-order valence-corrected chi connectivity index (χ0v) is 17.6. The predicted octanol–water partition coefficient (Wildman–Crippen LogP) is 4.00. The second kappa shape index (κ2) is 8.51. The van der Waals surface area contributed by atoms with Crippen LogP contribution in [0.5, 0.6) is 0 Å². The Hall–Kier alpha value is -3.59. The number of rotatable bonds is 5. The van der Waals surface area contributed by atoms with Crippen molar-refractivity contribution in [2.24, 2.45) is 0 Å². The molecular formula is C23H23F2N7. The third kappa shape index (κ3) is 3.75. The van der Waals surface area contributed by atoms with E-state index in [1.807, 2.05) is 13.1 Å². The van der Waals surface area contributed by atoms with Gasteiger partial charge < -0.3 is 15.5 Å². The summed E-state index contributed by atoms with van der Waals surface area (Å²) in [6, 6.07) is 9.50. The van der Waals surface area contributed by atoms with Crippen LogP contribution in [0.3, 0.4) is 0 Å². The lowest BCUT2D eigenvalue weighted by Gasteiger charge is -2.35. The Bertz CT molecular complexity index is 1240. The Morgan fingerprint density at radius 3 is 2.72 bits per heavy atom. The lowest BCUT2D eigenvalue weighted by molar-refractivity contribution is 0.450. The summed E-state index contributed by atoms with van der Waals surface area (Å²) in [5.74, 6) is -0.884. The fourth-order valence-electron chi connectivity index (χ4n) is 4.16. The van der Waals surface area contributed by atoms with Gasteiger partial charge in [-0.15, -0.1) is 0 Å². The van der Waals surface area contributed by atoms with E-state index >= 15 is 0 Å². The highest BCUT2D eigenvalue weighted by Crippen LogP contribution is 2.30. The molecule has 0 spiro atoms. The van der Waals surface area contributed by atoms with E-state index in [0.717, 1.165) is 37.3 Å². The van der Waals surface area contributed by atoms with Crippen molar-refractivity contribution in [2.75, 3.05) is 30.4 Å². The van der Waals surface area contributed by atoms with Gasteiger partial charge in [-0.05, 0) is 50.2 Å². The number of pyridine rings is 1. The predicted molar refractivity (Wildman–Crippen MR) is 120 cm³/mol. The minimum Gasteiger partial charge on any atom is -0.368 e. The van der Waals surface area contributed by atoms with Crippen molar-refractivity contribution in [3.63, 3.8) is 0 Å². The molecule has 2 N–H and O–H groups in total. The summed E-state index contributed by atoms with van der Waals surface area (Å²) in [5, 5.41) is 11.1. The zero-order chi connectivity index (χ0) is 22.1. The molecule has 1 aliphatic rings. The molecule has 7 nitrogen and oxygen atoms in total. The highest BCUT2D eigenvalue weighted by molar-refractivity contribution is 5.74. The quantitative estimate of drug-likeness (QED) is 0.494. The van der Waals surface area contributed by atoms with Crippen LogP contribution in [0.25, 0.3) is 16.8 Å². The van der Waals surface area contributed by atoms with Gasteiger partial charge in [0.2, 0.25) is 5.95 Å². The topological polar surface area (TPSA) is 70.4 Å². The van der Waals surface area contributed by atoms with Crippen molar-refractivity contribution in [3.05, 3.63) is 66.6 Å². The first-order chi connectivity index (χ1) is 15.6. The standard InChI is InChI=1S/C23H23F2N7/c1-26-15-4-3-11-31(14-15)21-9-10-27-13-20(21)29-23-28-12-16-7-8-19(30-32(16)23)22-17(24)5-2-6-18(22)25/h2,5-10,12-13,15,26H,3-4,11,14H2,1H3,(H,28,29). The summed E-state index contributed by atoms with van der Waals surface area (Å²) in [4.78, 5) is 11.0. The first kappa shape index (κ1) is 20.3.